The number of hydrogen-bond acceptors (Lipinski definition) is 6. The van der Waals surface area contributed by atoms with Crippen molar-refractivity contribution < 1.29 is 15.0 Å². The van der Waals surface area contributed by atoms with E-state index in [0.29, 0.717) is 0 Å². The fourth-order valence-electron chi connectivity index (χ4n) is 1.53. The Bertz CT molecular complexity index is 489. The van der Waals surface area contributed by atoms with Crippen molar-refractivity contribution in [1.82, 2.24) is 0 Å². The lowest BCUT2D eigenvalue weighted by molar-refractivity contribution is -0.393. The van der Waals surface area contributed by atoms with Crippen molar-refractivity contribution in [3.8, 4) is 0 Å². The highest BCUT2D eigenvalue weighted by Gasteiger charge is 2.22. The molecule has 19 heavy (non-hydrogen) atoms. The van der Waals surface area contributed by atoms with Crippen molar-refractivity contribution in [1.29, 1.82) is 0 Å². The zero-order chi connectivity index (χ0) is 14.6. The van der Waals surface area contributed by atoms with Gasteiger partial charge in [0, 0.05) is 6.07 Å². The first kappa shape index (κ1) is 14.8. The Morgan fingerprint density at radius 3 is 2.32 bits per heavy atom. The summed E-state index contributed by atoms with van der Waals surface area (Å²) in [5.41, 5.74) is -0.570. The highest BCUT2D eigenvalue weighted by atomic mass is 16.6. The molecular weight excluding hydrogens is 254 g/mol. The van der Waals surface area contributed by atoms with Crippen LogP contribution < -0.4 is 5.32 Å². The Balaban J connectivity index is 3.13. The average molecular weight is 269 g/mol. The second-order valence-electron chi connectivity index (χ2n) is 4.39. The monoisotopic (exact) mass is 269 g/mol. The van der Waals surface area contributed by atoms with Crippen LogP contribution in [0.4, 0.5) is 17.1 Å². The Kier molecular flexibility index (Phi) is 4.76. The summed E-state index contributed by atoms with van der Waals surface area (Å²) >= 11 is 0. The number of hydrogen-bond donors (Lipinski definition) is 2. The largest absolute Gasteiger partial charge is 0.394 e. The summed E-state index contributed by atoms with van der Waals surface area (Å²) in [6, 6.07) is 3.00. The minimum Gasteiger partial charge on any atom is -0.394 e. The molecule has 0 radical (unpaired) electrons. The fourth-order valence-corrected chi connectivity index (χ4v) is 1.53. The molecule has 0 bridgehead atoms. The van der Waals surface area contributed by atoms with Gasteiger partial charge in [0.25, 0.3) is 11.4 Å². The molecule has 0 aliphatic heterocycles. The summed E-state index contributed by atoms with van der Waals surface area (Å²) in [5.74, 6) is 0.0554. The highest BCUT2D eigenvalue weighted by molar-refractivity contribution is 5.65. The predicted octanol–water partition coefficient (Wildman–Crippen LogP) is 1.93. The molecule has 0 unspecified atom stereocenters. The molecule has 0 aliphatic rings. The van der Waals surface area contributed by atoms with Gasteiger partial charge in [-0.15, -0.1) is 0 Å². The summed E-state index contributed by atoms with van der Waals surface area (Å²) < 4.78 is 0. The molecular formula is C11H15N3O5. The van der Waals surface area contributed by atoms with Crippen LogP contribution in [0.1, 0.15) is 13.8 Å². The summed E-state index contributed by atoms with van der Waals surface area (Å²) in [7, 11) is 0. The van der Waals surface area contributed by atoms with E-state index in [1.165, 1.54) is 12.1 Å². The van der Waals surface area contributed by atoms with E-state index in [-0.39, 0.29) is 35.6 Å². The van der Waals surface area contributed by atoms with Crippen molar-refractivity contribution in [3.05, 3.63) is 38.4 Å². The standard InChI is InChI=1S/C11H15N3O5/c1-7(2)10(6-15)12-9-4-3-8(13(16)17)5-11(9)14(18)19/h3-5,7,10,12,15H,6H2,1-2H3/t10-/m1/s1. The Morgan fingerprint density at radius 2 is 1.89 bits per heavy atom. The number of aliphatic hydroxyl groups excluding tert-OH is 1. The van der Waals surface area contributed by atoms with E-state index >= 15 is 0 Å². The molecule has 0 saturated carbocycles. The zero-order valence-corrected chi connectivity index (χ0v) is 10.6. The number of non-ortho nitro benzene ring substituents is 1. The molecule has 8 nitrogen and oxygen atoms in total. The normalized spacial score (nSPS) is 12.2. The molecule has 0 fully saturated rings. The molecule has 0 aliphatic carbocycles. The number of benzene rings is 1. The summed E-state index contributed by atoms with van der Waals surface area (Å²) in [6.07, 6.45) is 0. The molecule has 8 heteroatoms. The van der Waals surface area contributed by atoms with Gasteiger partial charge >= 0.3 is 0 Å². The van der Waals surface area contributed by atoms with Crippen LogP contribution in [0.25, 0.3) is 0 Å². The number of nitro benzene ring substituents is 2. The van der Waals surface area contributed by atoms with Crippen molar-refractivity contribution in [3.63, 3.8) is 0 Å². The topological polar surface area (TPSA) is 119 Å². The maximum Gasteiger partial charge on any atom is 0.299 e. The molecule has 104 valence electrons. The number of anilines is 1. The number of nitrogens with one attached hydrogen (secondary N) is 1. The van der Waals surface area contributed by atoms with Gasteiger partial charge in [-0.1, -0.05) is 13.8 Å². The van der Waals surface area contributed by atoms with Gasteiger partial charge in [0.1, 0.15) is 5.69 Å². The van der Waals surface area contributed by atoms with Crippen LogP contribution in [0.5, 0.6) is 0 Å². The van der Waals surface area contributed by atoms with Gasteiger partial charge in [0.15, 0.2) is 0 Å². The summed E-state index contributed by atoms with van der Waals surface area (Å²) in [6.45, 7) is 3.52. The quantitative estimate of drug-likeness (QED) is 0.601. The number of aliphatic hydroxyl groups is 1. The van der Waals surface area contributed by atoms with Crippen LogP contribution >= 0.6 is 0 Å². The van der Waals surface area contributed by atoms with Crippen molar-refractivity contribution in [2.75, 3.05) is 11.9 Å². The van der Waals surface area contributed by atoms with Crippen LogP contribution in [0.2, 0.25) is 0 Å². The smallest absolute Gasteiger partial charge is 0.299 e. The van der Waals surface area contributed by atoms with Crippen molar-refractivity contribution in [2.24, 2.45) is 5.92 Å². The minimum atomic E-state index is -0.692. The molecule has 2 N–H and O–H groups in total. The molecule has 1 atom stereocenters. The molecule has 0 amide bonds. The van der Waals surface area contributed by atoms with Gasteiger partial charge in [-0.25, -0.2) is 0 Å². The highest BCUT2D eigenvalue weighted by Crippen LogP contribution is 2.30. The third kappa shape index (κ3) is 3.62. The van der Waals surface area contributed by atoms with Gasteiger partial charge in [0.05, 0.1) is 28.6 Å². The molecule has 1 aromatic rings. The van der Waals surface area contributed by atoms with Gasteiger partial charge < -0.3 is 10.4 Å². The third-order valence-corrected chi connectivity index (χ3v) is 2.73. The van der Waals surface area contributed by atoms with E-state index in [1.54, 1.807) is 0 Å². The molecule has 1 rings (SSSR count). The van der Waals surface area contributed by atoms with E-state index < -0.39 is 9.85 Å². The van der Waals surface area contributed by atoms with Crippen LogP contribution in [-0.4, -0.2) is 27.6 Å². The summed E-state index contributed by atoms with van der Waals surface area (Å²) in [5, 5.41) is 33.5. The fraction of sp³-hybridized carbons (Fsp3) is 0.455. The number of nitrogens with zero attached hydrogens (tertiary/aromatic N) is 2. The second kappa shape index (κ2) is 6.10. The second-order valence-corrected chi connectivity index (χ2v) is 4.39. The Labute approximate surface area is 109 Å². The summed E-state index contributed by atoms with van der Waals surface area (Å²) in [4.78, 5) is 20.1. The first-order valence-electron chi connectivity index (χ1n) is 5.67. The molecule has 0 spiro atoms. The van der Waals surface area contributed by atoms with Gasteiger partial charge in [-0.05, 0) is 12.0 Å². The third-order valence-electron chi connectivity index (χ3n) is 2.73. The first-order chi connectivity index (χ1) is 8.86. The number of rotatable bonds is 6. The van der Waals surface area contributed by atoms with Gasteiger partial charge in [0.2, 0.25) is 0 Å². The van der Waals surface area contributed by atoms with Gasteiger partial charge in [-0.2, -0.15) is 0 Å². The van der Waals surface area contributed by atoms with Crippen LogP contribution in [-0.2, 0) is 0 Å². The Hall–Kier alpha value is -2.22. The minimum absolute atomic E-state index is 0.0554. The zero-order valence-electron chi connectivity index (χ0n) is 10.6. The van der Waals surface area contributed by atoms with Crippen LogP contribution in [0.15, 0.2) is 18.2 Å². The van der Waals surface area contributed by atoms with Crippen molar-refractivity contribution >= 4 is 17.1 Å². The maximum absolute atomic E-state index is 10.9. The van der Waals surface area contributed by atoms with Crippen LogP contribution in [0, 0.1) is 26.1 Å². The first-order valence-corrected chi connectivity index (χ1v) is 5.67. The van der Waals surface area contributed by atoms with E-state index in [4.69, 9.17) is 0 Å². The molecule has 1 aromatic carbocycles. The SMILES string of the molecule is CC(C)[C@@H](CO)Nc1ccc([N+](=O)[O-])cc1[N+](=O)[O-]. The molecule has 0 saturated heterocycles. The lowest BCUT2D eigenvalue weighted by Gasteiger charge is -2.20. The van der Waals surface area contributed by atoms with Gasteiger partial charge in [-0.3, -0.25) is 20.2 Å². The Morgan fingerprint density at radius 1 is 1.26 bits per heavy atom. The molecule has 0 heterocycles. The number of nitro groups is 2. The lowest BCUT2D eigenvalue weighted by Crippen LogP contribution is -2.29. The van der Waals surface area contributed by atoms with E-state index in [0.717, 1.165) is 6.07 Å². The van der Waals surface area contributed by atoms with E-state index in [9.17, 15) is 25.3 Å². The van der Waals surface area contributed by atoms with E-state index in [2.05, 4.69) is 5.32 Å². The predicted molar refractivity (Wildman–Crippen MR) is 69.1 cm³/mol. The lowest BCUT2D eigenvalue weighted by atomic mass is 10.0. The van der Waals surface area contributed by atoms with Crippen molar-refractivity contribution in [2.45, 2.75) is 19.9 Å². The maximum atomic E-state index is 10.9. The van der Waals surface area contributed by atoms with E-state index in [1.807, 2.05) is 13.8 Å². The van der Waals surface area contributed by atoms with Crippen LogP contribution in [0.3, 0.4) is 0 Å². The average Bonchev–Trinajstić information content (AvgIpc) is 2.35. The molecule has 0 aromatic heterocycles.